The molecule has 0 saturated heterocycles. The van der Waals surface area contributed by atoms with Crippen LogP contribution in [0.4, 0.5) is 0 Å². The third-order valence-corrected chi connectivity index (χ3v) is 14.2. The number of allylic oxidation sites excluding steroid dienone is 4. The van der Waals surface area contributed by atoms with Crippen LogP contribution in [0.3, 0.4) is 0 Å². The molecule has 0 N–H and O–H groups in total. The van der Waals surface area contributed by atoms with E-state index in [0.29, 0.717) is 0 Å². The van der Waals surface area contributed by atoms with Crippen LogP contribution < -0.4 is 0 Å². The standard InChI is InChI=1S/C58H47N3S/c1-4-37(2)57(60-58(46-30-29-40-19-8-9-20-42(40)32-46)59-38(3)41-23-16-24-43(31-41)39-17-6-5-7-18-39)47-35-53(56-49-26-13-15-28-54(49)62-55(56)36-47)61-51-27-14-12-25-48(51)50-33-44-21-10-11-22-45(44)34-52(50)61/h5-22,24-37,41,57H,4,23H2,1-3H3. The fourth-order valence-corrected chi connectivity index (χ4v) is 10.7. The second-order valence-electron chi connectivity index (χ2n) is 16.9. The lowest BCUT2D eigenvalue weighted by Gasteiger charge is -2.23. The minimum absolute atomic E-state index is 0.151. The smallest absolute Gasteiger partial charge is 0.155 e. The van der Waals surface area contributed by atoms with E-state index in [4.69, 9.17) is 9.98 Å². The lowest BCUT2D eigenvalue weighted by molar-refractivity contribution is 0.459. The minimum Gasteiger partial charge on any atom is -0.309 e. The van der Waals surface area contributed by atoms with Gasteiger partial charge in [0.15, 0.2) is 5.84 Å². The van der Waals surface area contributed by atoms with Gasteiger partial charge in [0.25, 0.3) is 0 Å². The molecule has 4 heteroatoms. The van der Waals surface area contributed by atoms with Crippen LogP contribution in [0.1, 0.15) is 56.3 Å². The molecular weight excluding hydrogens is 771 g/mol. The van der Waals surface area contributed by atoms with Crippen LogP contribution in [0.2, 0.25) is 0 Å². The Labute approximate surface area is 366 Å². The molecule has 3 unspecified atom stereocenters. The van der Waals surface area contributed by atoms with E-state index in [9.17, 15) is 0 Å². The van der Waals surface area contributed by atoms with Gasteiger partial charge in [0, 0.05) is 48.1 Å². The summed E-state index contributed by atoms with van der Waals surface area (Å²) in [5, 5.41) is 9.97. The summed E-state index contributed by atoms with van der Waals surface area (Å²) in [6, 6.07) is 62.0. The summed E-state index contributed by atoms with van der Waals surface area (Å²) in [6.07, 6.45) is 8.80. The fourth-order valence-electron chi connectivity index (χ4n) is 9.54. The number of benzene rings is 8. The Morgan fingerprint density at radius 3 is 2.16 bits per heavy atom. The Kier molecular flexibility index (Phi) is 9.74. The molecule has 0 radical (unpaired) electrons. The highest BCUT2D eigenvalue weighted by Crippen LogP contribution is 2.44. The number of thiophene rings is 1. The second kappa shape index (κ2) is 15.9. The van der Waals surface area contributed by atoms with Gasteiger partial charge >= 0.3 is 0 Å². The Balaban J connectivity index is 1.15. The van der Waals surface area contributed by atoms with Crippen molar-refractivity contribution in [1.29, 1.82) is 0 Å². The molecular formula is C58H47N3S. The van der Waals surface area contributed by atoms with Gasteiger partial charge in [-0.1, -0.05) is 166 Å². The highest BCUT2D eigenvalue weighted by atomic mass is 32.1. The largest absolute Gasteiger partial charge is 0.309 e. The molecule has 0 saturated carbocycles. The summed E-state index contributed by atoms with van der Waals surface area (Å²) >= 11 is 1.88. The number of rotatable bonds is 8. The van der Waals surface area contributed by atoms with Crippen molar-refractivity contribution in [3.63, 3.8) is 0 Å². The molecule has 0 amide bonds. The van der Waals surface area contributed by atoms with Gasteiger partial charge in [-0.3, -0.25) is 4.99 Å². The Hall–Kier alpha value is -6.88. The molecule has 3 atom stereocenters. The number of para-hydroxylation sites is 1. The molecule has 11 rings (SSSR count). The van der Waals surface area contributed by atoms with Gasteiger partial charge in [-0.15, -0.1) is 11.3 Å². The lowest BCUT2D eigenvalue weighted by Crippen LogP contribution is -2.15. The number of hydrogen-bond acceptors (Lipinski definition) is 2. The van der Waals surface area contributed by atoms with Crippen molar-refractivity contribution in [2.75, 3.05) is 0 Å². The topological polar surface area (TPSA) is 29.6 Å². The van der Waals surface area contributed by atoms with Gasteiger partial charge < -0.3 is 4.57 Å². The second-order valence-corrected chi connectivity index (χ2v) is 18.0. The van der Waals surface area contributed by atoms with E-state index in [-0.39, 0.29) is 17.9 Å². The maximum Gasteiger partial charge on any atom is 0.155 e. The predicted octanol–water partition coefficient (Wildman–Crippen LogP) is 16.1. The third-order valence-electron chi connectivity index (χ3n) is 13.0. The first kappa shape index (κ1) is 38.1. The quantitative estimate of drug-likeness (QED) is 0.108. The van der Waals surface area contributed by atoms with Crippen molar-refractivity contribution in [1.82, 2.24) is 4.57 Å². The van der Waals surface area contributed by atoms with Crippen LogP contribution in [0, 0.1) is 11.8 Å². The normalized spacial score (nSPS) is 15.9. The van der Waals surface area contributed by atoms with Gasteiger partial charge in [-0.05, 0) is 100.0 Å². The van der Waals surface area contributed by atoms with Gasteiger partial charge in [-0.2, -0.15) is 0 Å². The van der Waals surface area contributed by atoms with E-state index in [1.54, 1.807) is 0 Å². The minimum atomic E-state index is -0.151. The first-order valence-electron chi connectivity index (χ1n) is 21.9. The Bertz CT molecular complexity index is 3470. The van der Waals surface area contributed by atoms with E-state index < -0.39 is 0 Å². The van der Waals surface area contributed by atoms with Crippen molar-refractivity contribution in [2.45, 2.75) is 39.7 Å². The monoisotopic (exact) mass is 817 g/mol. The van der Waals surface area contributed by atoms with Crippen LogP contribution in [-0.4, -0.2) is 16.1 Å². The zero-order valence-corrected chi connectivity index (χ0v) is 36.1. The maximum absolute atomic E-state index is 5.84. The molecule has 0 bridgehead atoms. The number of aliphatic imine (C=N–C) groups is 2. The Morgan fingerprint density at radius 1 is 0.661 bits per heavy atom. The average Bonchev–Trinajstić information content (AvgIpc) is 3.87. The van der Waals surface area contributed by atoms with Crippen molar-refractivity contribution in [3.8, 4) is 5.69 Å². The van der Waals surface area contributed by atoms with Crippen LogP contribution in [-0.2, 0) is 0 Å². The molecule has 3 nitrogen and oxygen atoms in total. The van der Waals surface area contributed by atoms with Crippen molar-refractivity contribution < 1.29 is 0 Å². The average molecular weight is 818 g/mol. The van der Waals surface area contributed by atoms with Crippen molar-refractivity contribution in [2.24, 2.45) is 21.8 Å². The molecule has 1 aliphatic carbocycles. The number of nitrogens with zero attached hydrogens (tertiary/aromatic N) is 3. The van der Waals surface area contributed by atoms with Gasteiger partial charge in [0.05, 0.1) is 22.8 Å². The number of amidine groups is 1. The highest BCUT2D eigenvalue weighted by molar-refractivity contribution is 7.25. The first-order valence-corrected chi connectivity index (χ1v) is 22.8. The van der Waals surface area contributed by atoms with E-state index in [1.807, 2.05) is 11.3 Å². The summed E-state index contributed by atoms with van der Waals surface area (Å²) in [7, 11) is 0. The SMILES string of the molecule is CCC(C)C(N=C(N=C(C)C1C=C(c2ccccc2)C=CC1)c1ccc2ccccc2c1)c1cc(-n2c3ccccc3c3cc4ccccc4cc32)c2c(c1)sc1ccccc12. The number of fused-ring (bicyclic) bond motifs is 8. The Morgan fingerprint density at radius 2 is 1.35 bits per heavy atom. The van der Waals surface area contributed by atoms with E-state index in [2.05, 4.69) is 213 Å². The predicted molar refractivity (Wildman–Crippen MR) is 269 cm³/mol. The van der Waals surface area contributed by atoms with Crippen LogP contribution >= 0.6 is 11.3 Å². The van der Waals surface area contributed by atoms with Gasteiger partial charge in [-0.25, -0.2) is 4.99 Å². The van der Waals surface area contributed by atoms with Crippen LogP contribution in [0.5, 0.6) is 0 Å². The molecule has 1 aliphatic rings. The number of hydrogen-bond donors (Lipinski definition) is 0. The summed E-state index contributed by atoms with van der Waals surface area (Å²) in [4.78, 5) is 11.4. The fraction of sp³-hybridized carbons (Fsp3) is 0.138. The molecule has 8 aromatic carbocycles. The van der Waals surface area contributed by atoms with Gasteiger partial charge in [0.2, 0.25) is 0 Å². The molecule has 300 valence electrons. The summed E-state index contributed by atoms with van der Waals surface area (Å²) in [5.41, 5.74) is 9.38. The molecule has 0 spiro atoms. The molecule has 0 aliphatic heterocycles. The van der Waals surface area contributed by atoms with Crippen LogP contribution in [0.25, 0.3) is 74.8 Å². The lowest BCUT2D eigenvalue weighted by atomic mass is 9.89. The molecule has 2 aromatic heterocycles. The maximum atomic E-state index is 5.84. The molecule has 2 heterocycles. The molecule has 0 fully saturated rings. The van der Waals surface area contributed by atoms with E-state index >= 15 is 0 Å². The zero-order chi connectivity index (χ0) is 41.7. The molecule has 62 heavy (non-hydrogen) atoms. The summed E-state index contributed by atoms with van der Waals surface area (Å²) in [6.45, 7) is 6.83. The first-order chi connectivity index (χ1) is 30.5. The van der Waals surface area contributed by atoms with Crippen LogP contribution in [0.15, 0.2) is 198 Å². The highest BCUT2D eigenvalue weighted by Gasteiger charge is 2.25. The van der Waals surface area contributed by atoms with Crippen molar-refractivity contribution >= 4 is 92.0 Å². The summed E-state index contributed by atoms with van der Waals surface area (Å²) < 4.78 is 5.09. The van der Waals surface area contributed by atoms with E-state index in [0.717, 1.165) is 30.0 Å². The summed E-state index contributed by atoms with van der Waals surface area (Å²) in [5.74, 6) is 1.19. The van der Waals surface area contributed by atoms with Gasteiger partial charge in [0.1, 0.15) is 0 Å². The third kappa shape index (κ3) is 6.76. The van der Waals surface area contributed by atoms with Crippen molar-refractivity contribution in [3.05, 3.63) is 205 Å². The number of aromatic nitrogens is 1. The zero-order valence-electron chi connectivity index (χ0n) is 35.3. The van der Waals surface area contributed by atoms with E-state index in [1.165, 1.54) is 85.9 Å². The molecule has 10 aromatic rings.